The Morgan fingerprint density at radius 2 is 2.23 bits per heavy atom. The van der Waals surface area contributed by atoms with Crippen LogP contribution in [-0.2, 0) is 12.0 Å². The van der Waals surface area contributed by atoms with E-state index < -0.39 is 5.60 Å². The predicted molar refractivity (Wildman–Crippen MR) is 106 cm³/mol. The van der Waals surface area contributed by atoms with Gasteiger partial charge in [0.1, 0.15) is 0 Å². The summed E-state index contributed by atoms with van der Waals surface area (Å²) in [6.07, 6.45) is 1.75. The number of aliphatic hydroxyl groups is 1. The number of nitrogens with zero attached hydrogens (tertiary/aromatic N) is 3. The lowest BCUT2D eigenvalue weighted by atomic mass is 9.75. The van der Waals surface area contributed by atoms with Crippen molar-refractivity contribution in [2.75, 3.05) is 40.3 Å². The Kier molecular flexibility index (Phi) is 6.10. The SMILES string of the molecule is CN(C)C[C@@H]1CN(CCc2ccsc2)CC[C@@]1(O)c1cccc(C#N)c1. The second-order valence-corrected chi connectivity index (χ2v) is 8.29. The predicted octanol–water partition coefficient (Wildman–Crippen LogP) is 2.93. The van der Waals surface area contributed by atoms with Gasteiger partial charge in [-0.2, -0.15) is 16.6 Å². The second kappa shape index (κ2) is 8.32. The first-order valence-electron chi connectivity index (χ1n) is 9.12. The zero-order chi connectivity index (χ0) is 18.6. The van der Waals surface area contributed by atoms with Gasteiger partial charge >= 0.3 is 0 Å². The molecule has 2 atom stereocenters. The Hall–Kier alpha value is -1.71. The van der Waals surface area contributed by atoms with Gasteiger partial charge in [-0.15, -0.1) is 0 Å². The summed E-state index contributed by atoms with van der Waals surface area (Å²) in [6, 6.07) is 11.9. The maximum Gasteiger partial charge on any atom is 0.0991 e. The Morgan fingerprint density at radius 1 is 1.38 bits per heavy atom. The highest BCUT2D eigenvalue weighted by molar-refractivity contribution is 7.07. The van der Waals surface area contributed by atoms with Crippen molar-refractivity contribution in [3.8, 4) is 6.07 Å². The Bertz CT molecular complexity index is 753. The van der Waals surface area contributed by atoms with Gasteiger partial charge in [0, 0.05) is 32.1 Å². The van der Waals surface area contributed by atoms with Crippen LogP contribution >= 0.6 is 11.3 Å². The summed E-state index contributed by atoms with van der Waals surface area (Å²) < 4.78 is 0. The minimum absolute atomic E-state index is 0.114. The average molecular weight is 370 g/mol. The van der Waals surface area contributed by atoms with E-state index >= 15 is 0 Å². The van der Waals surface area contributed by atoms with Crippen LogP contribution in [0.4, 0.5) is 0 Å². The fraction of sp³-hybridized carbons (Fsp3) is 0.476. The first-order valence-corrected chi connectivity index (χ1v) is 10.1. The van der Waals surface area contributed by atoms with Gasteiger partial charge in [-0.05, 0) is 67.0 Å². The van der Waals surface area contributed by atoms with E-state index in [-0.39, 0.29) is 5.92 Å². The highest BCUT2D eigenvalue weighted by Crippen LogP contribution is 2.38. The third-order valence-electron chi connectivity index (χ3n) is 5.34. The molecule has 3 rings (SSSR count). The minimum Gasteiger partial charge on any atom is -0.385 e. The van der Waals surface area contributed by atoms with Crippen LogP contribution in [0.25, 0.3) is 0 Å². The highest BCUT2D eigenvalue weighted by Gasteiger charge is 2.42. The molecule has 1 N–H and O–H groups in total. The van der Waals surface area contributed by atoms with Crippen LogP contribution in [-0.4, -0.2) is 55.2 Å². The molecule has 1 aliphatic rings. The van der Waals surface area contributed by atoms with Crippen molar-refractivity contribution in [3.63, 3.8) is 0 Å². The van der Waals surface area contributed by atoms with Crippen LogP contribution in [0.5, 0.6) is 0 Å². The van der Waals surface area contributed by atoms with Gasteiger partial charge in [-0.25, -0.2) is 0 Å². The van der Waals surface area contributed by atoms with Crippen molar-refractivity contribution in [3.05, 3.63) is 57.8 Å². The minimum atomic E-state index is -0.879. The topological polar surface area (TPSA) is 50.5 Å². The second-order valence-electron chi connectivity index (χ2n) is 7.51. The molecular weight excluding hydrogens is 342 g/mol. The number of likely N-dealkylation sites (tertiary alicyclic amines) is 1. The monoisotopic (exact) mass is 369 g/mol. The number of piperidine rings is 1. The number of rotatable bonds is 6. The van der Waals surface area contributed by atoms with Gasteiger partial charge in [0.2, 0.25) is 0 Å². The van der Waals surface area contributed by atoms with Crippen molar-refractivity contribution in [2.45, 2.75) is 18.4 Å². The van der Waals surface area contributed by atoms with Gasteiger partial charge in [0.15, 0.2) is 0 Å². The molecule has 0 amide bonds. The van der Waals surface area contributed by atoms with Crippen LogP contribution in [0.15, 0.2) is 41.1 Å². The molecule has 1 aromatic heterocycles. The van der Waals surface area contributed by atoms with E-state index in [0.29, 0.717) is 12.0 Å². The number of hydrogen-bond acceptors (Lipinski definition) is 5. The molecule has 0 spiro atoms. The zero-order valence-corrected chi connectivity index (χ0v) is 16.4. The molecule has 0 radical (unpaired) electrons. The Balaban J connectivity index is 1.76. The first-order chi connectivity index (χ1) is 12.5. The molecule has 0 unspecified atom stereocenters. The molecule has 2 aromatic rings. The van der Waals surface area contributed by atoms with E-state index in [2.05, 4.69) is 46.8 Å². The summed E-state index contributed by atoms with van der Waals surface area (Å²) in [6.45, 7) is 3.59. The van der Waals surface area contributed by atoms with E-state index in [4.69, 9.17) is 0 Å². The fourth-order valence-corrected chi connectivity index (χ4v) is 4.60. The van der Waals surface area contributed by atoms with Crippen LogP contribution in [0, 0.1) is 17.2 Å². The largest absolute Gasteiger partial charge is 0.385 e. The summed E-state index contributed by atoms with van der Waals surface area (Å²) in [5, 5.41) is 25.1. The molecule has 138 valence electrons. The van der Waals surface area contributed by atoms with Gasteiger partial charge in [0.05, 0.1) is 17.2 Å². The van der Waals surface area contributed by atoms with Gasteiger partial charge < -0.3 is 14.9 Å². The molecule has 1 saturated heterocycles. The molecule has 2 heterocycles. The van der Waals surface area contributed by atoms with Gasteiger partial charge in [-0.3, -0.25) is 0 Å². The molecule has 0 aliphatic carbocycles. The molecule has 1 aliphatic heterocycles. The van der Waals surface area contributed by atoms with E-state index in [1.54, 1.807) is 17.4 Å². The molecule has 26 heavy (non-hydrogen) atoms. The van der Waals surface area contributed by atoms with Crippen LogP contribution < -0.4 is 0 Å². The smallest absolute Gasteiger partial charge is 0.0991 e. The lowest BCUT2D eigenvalue weighted by Gasteiger charge is -2.46. The quantitative estimate of drug-likeness (QED) is 0.851. The molecule has 1 fully saturated rings. The number of nitriles is 1. The molecule has 0 bridgehead atoms. The molecule has 1 aromatic carbocycles. The van der Waals surface area contributed by atoms with Crippen molar-refractivity contribution in [2.24, 2.45) is 5.92 Å². The maximum absolute atomic E-state index is 11.6. The number of benzene rings is 1. The van der Waals surface area contributed by atoms with Crippen LogP contribution in [0.1, 0.15) is 23.1 Å². The lowest BCUT2D eigenvalue weighted by molar-refractivity contribution is -0.0843. The summed E-state index contributed by atoms with van der Waals surface area (Å²) in [5.74, 6) is 0.114. The van der Waals surface area contributed by atoms with E-state index in [1.165, 1.54) is 5.56 Å². The Labute approximate surface area is 160 Å². The van der Waals surface area contributed by atoms with Gasteiger partial charge in [-0.1, -0.05) is 12.1 Å². The maximum atomic E-state index is 11.6. The Morgan fingerprint density at radius 3 is 2.92 bits per heavy atom. The summed E-state index contributed by atoms with van der Waals surface area (Å²) >= 11 is 1.74. The summed E-state index contributed by atoms with van der Waals surface area (Å²) in [5.41, 5.74) is 2.00. The lowest BCUT2D eigenvalue weighted by Crippen LogP contribution is -2.53. The van der Waals surface area contributed by atoms with E-state index in [1.807, 2.05) is 18.2 Å². The average Bonchev–Trinajstić information content (AvgIpc) is 3.15. The number of hydrogen-bond donors (Lipinski definition) is 1. The first kappa shape index (κ1) is 19.1. The van der Waals surface area contributed by atoms with Crippen molar-refractivity contribution < 1.29 is 5.11 Å². The van der Waals surface area contributed by atoms with Gasteiger partial charge in [0.25, 0.3) is 0 Å². The van der Waals surface area contributed by atoms with Crippen molar-refractivity contribution in [1.29, 1.82) is 5.26 Å². The number of thiophene rings is 1. The standard InChI is InChI=1S/C21H27N3OS/c1-23(2)14-20-15-24(9-6-17-7-11-26-16-17)10-8-21(20,25)19-5-3-4-18(12-19)13-22/h3-5,7,11-12,16,20,25H,6,8-10,14-15H2,1-2H3/t20-,21-/m1/s1. The third kappa shape index (κ3) is 4.33. The highest BCUT2D eigenvalue weighted by atomic mass is 32.1. The van der Waals surface area contributed by atoms with E-state index in [0.717, 1.165) is 38.2 Å². The summed E-state index contributed by atoms with van der Waals surface area (Å²) in [4.78, 5) is 4.61. The zero-order valence-electron chi connectivity index (χ0n) is 15.6. The molecule has 5 heteroatoms. The van der Waals surface area contributed by atoms with Crippen LogP contribution in [0.3, 0.4) is 0 Å². The third-order valence-corrected chi connectivity index (χ3v) is 6.07. The summed E-state index contributed by atoms with van der Waals surface area (Å²) in [7, 11) is 4.10. The van der Waals surface area contributed by atoms with Crippen molar-refractivity contribution in [1.82, 2.24) is 9.80 Å². The molecular formula is C21H27N3OS. The van der Waals surface area contributed by atoms with Crippen molar-refractivity contribution >= 4 is 11.3 Å². The van der Waals surface area contributed by atoms with Crippen LogP contribution in [0.2, 0.25) is 0 Å². The molecule has 0 saturated carbocycles. The van der Waals surface area contributed by atoms with E-state index in [9.17, 15) is 10.4 Å². The normalized spacial score (nSPS) is 23.9. The molecule has 4 nitrogen and oxygen atoms in total. The fourth-order valence-electron chi connectivity index (χ4n) is 3.90.